The molecule has 0 atom stereocenters. The number of hydrogen-bond donors (Lipinski definition) is 0. The average Bonchev–Trinajstić information content (AvgIpc) is 2.99. The Hall–Kier alpha value is -1.98. The Balaban J connectivity index is 1.95. The topological polar surface area (TPSA) is 50.5 Å². The van der Waals surface area contributed by atoms with Gasteiger partial charge in [-0.3, -0.25) is 9.59 Å². The van der Waals surface area contributed by atoms with Gasteiger partial charge in [0.1, 0.15) is 5.76 Å². The SMILES string of the molecule is O=C1S/C(=C/c2ccco2)C(=O)N1c1cccc(Cl)c1. The first-order valence-electron chi connectivity index (χ1n) is 5.72. The minimum atomic E-state index is -0.376. The molecule has 1 aliphatic heterocycles. The molecule has 0 spiro atoms. The third-order valence-electron chi connectivity index (χ3n) is 2.68. The highest BCUT2D eigenvalue weighted by Crippen LogP contribution is 2.36. The highest BCUT2D eigenvalue weighted by molar-refractivity contribution is 8.19. The molecule has 0 N–H and O–H groups in total. The molecule has 0 saturated carbocycles. The Morgan fingerprint density at radius 2 is 2.05 bits per heavy atom. The summed E-state index contributed by atoms with van der Waals surface area (Å²) in [6.45, 7) is 0. The monoisotopic (exact) mass is 305 g/mol. The molecular weight excluding hydrogens is 298 g/mol. The molecule has 1 aromatic carbocycles. The molecule has 20 heavy (non-hydrogen) atoms. The molecule has 0 aliphatic carbocycles. The van der Waals surface area contributed by atoms with Crippen molar-refractivity contribution in [3.63, 3.8) is 0 Å². The van der Waals surface area contributed by atoms with Crippen molar-refractivity contribution in [2.45, 2.75) is 0 Å². The fraction of sp³-hybridized carbons (Fsp3) is 0. The van der Waals surface area contributed by atoms with Crippen LogP contribution in [0, 0.1) is 0 Å². The minimum absolute atomic E-state index is 0.324. The number of hydrogen-bond acceptors (Lipinski definition) is 4. The molecule has 1 saturated heterocycles. The van der Waals surface area contributed by atoms with Gasteiger partial charge in [0.05, 0.1) is 16.9 Å². The van der Waals surface area contributed by atoms with Gasteiger partial charge in [0.25, 0.3) is 11.1 Å². The highest BCUT2D eigenvalue weighted by atomic mass is 35.5. The number of furan rings is 1. The molecule has 4 nitrogen and oxygen atoms in total. The van der Waals surface area contributed by atoms with Crippen molar-refractivity contribution in [3.05, 3.63) is 58.3 Å². The lowest BCUT2D eigenvalue weighted by Crippen LogP contribution is -2.27. The Morgan fingerprint density at radius 3 is 2.75 bits per heavy atom. The van der Waals surface area contributed by atoms with Crippen LogP contribution in [-0.4, -0.2) is 11.1 Å². The molecule has 6 heteroatoms. The fourth-order valence-corrected chi connectivity index (χ4v) is 2.81. The molecule has 1 aliphatic rings. The van der Waals surface area contributed by atoms with Crippen LogP contribution in [0.5, 0.6) is 0 Å². The lowest BCUT2D eigenvalue weighted by atomic mass is 10.3. The van der Waals surface area contributed by atoms with Crippen LogP contribution in [0.25, 0.3) is 6.08 Å². The second kappa shape index (κ2) is 5.19. The normalized spacial score (nSPS) is 17.2. The van der Waals surface area contributed by atoms with Gasteiger partial charge in [-0.2, -0.15) is 0 Å². The van der Waals surface area contributed by atoms with Gasteiger partial charge in [0.2, 0.25) is 0 Å². The van der Waals surface area contributed by atoms with Crippen molar-refractivity contribution >= 4 is 46.3 Å². The summed E-state index contributed by atoms with van der Waals surface area (Å²) in [7, 11) is 0. The second-order valence-corrected chi connectivity index (χ2v) is 5.44. The van der Waals surface area contributed by atoms with E-state index < -0.39 is 0 Å². The van der Waals surface area contributed by atoms with Crippen molar-refractivity contribution in [1.82, 2.24) is 0 Å². The first-order valence-corrected chi connectivity index (χ1v) is 6.91. The Morgan fingerprint density at radius 1 is 1.20 bits per heavy atom. The first kappa shape index (κ1) is 13.0. The number of halogens is 1. The Bertz CT molecular complexity index is 709. The van der Waals surface area contributed by atoms with Crippen molar-refractivity contribution in [2.75, 3.05) is 4.90 Å². The van der Waals surface area contributed by atoms with Crippen molar-refractivity contribution in [1.29, 1.82) is 0 Å². The quantitative estimate of drug-likeness (QED) is 0.781. The molecule has 1 fully saturated rings. The predicted molar refractivity (Wildman–Crippen MR) is 78.6 cm³/mol. The lowest BCUT2D eigenvalue weighted by molar-refractivity contribution is -0.113. The molecule has 100 valence electrons. The van der Waals surface area contributed by atoms with E-state index in [4.69, 9.17) is 16.0 Å². The number of carbonyl (C=O) groups is 2. The third-order valence-corrected chi connectivity index (χ3v) is 3.78. The average molecular weight is 306 g/mol. The van der Waals surface area contributed by atoms with Crippen molar-refractivity contribution in [2.24, 2.45) is 0 Å². The van der Waals surface area contributed by atoms with Gasteiger partial charge >= 0.3 is 0 Å². The van der Waals surface area contributed by atoms with E-state index in [2.05, 4.69) is 0 Å². The van der Waals surface area contributed by atoms with E-state index >= 15 is 0 Å². The number of rotatable bonds is 2. The molecule has 1 aromatic heterocycles. The Kier molecular flexibility index (Phi) is 3.38. The summed E-state index contributed by atoms with van der Waals surface area (Å²) in [4.78, 5) is 25.7. The maximum absolute atomic E-state index is 12.3. The van der Waals surface area contributed by atoms with Crippen LogP contribution >= 0.6 is 23.4 Å². The summed E-state index contributed by atoms with van der Waals surface area (Å²) in [6.07, 6.45) is 3.06. The summed E-state index contributed by atoms with van der Waals surface area (Å²) in [5, 5.41) is 0.117. The zero-order valence-corrected chi connectivity index (χ0v) is 11.6. The zero-order chi connectivity index (χ0) is 14.1. The zero-order valence-electron chi connectivity index (χ0n) is 10.1. The van der Waals surface area contributed by atoms with Gasteiger partial charge in [0, 0.05) is 11.1 Å². The van der Waals surface area contributed by atoms with Crippen LogP contribution < -0.4 is 4.90 Å². The minimum Gasteiger partial charge on any atom is -0.465 e. The fourth-order valence-electron chi connectivity index (χ4n) is 1.81. The van der Waals surface area contributed by atoms with Gasteiger partial charge in [-0.25, -0.2) is 4.90 Å². The van der Waals surface area contributed by atoms with Crippen molar-refractivity contribution in [3.8, 4) is 0 Å². The van der Waals surface area contributed by atoms with Gasteiger partial charge in [-0.15, -0.1) is 0 Å². The number of benzene rings is 1. The van der Waals surface area contributed by atoms with Crippen molar-refractivity contribution < 1.29 is 14.0 Å². The Labute approximate surface area is 124 Å². The largest absolute Gasteiger partial charge is 0.465 e. The van der Waals surface area contributed by atoms with E-state index in [0.29, 0.717) is 21.4 Å². The van der Waals surface area contributed by atoms with E-state index in [0.717, 1.165) is 16.7 Å². The maximum Gasteiger partial charge on any atom is 0.298 e. The van der Waals surface area contributed by atoms with Crippen LogP contribution in [0.2, 0.25) is 5.02 Å². The number of anilines is 1. The smallest absolute Gasteiger partial charge is 0.298 e. The lowest BCUT2D eigenvalue weighted by Gasteiger charge is -2.12. The number of imide groups is 1. The van der Waals surface area contributed by atoms with Gasteiger partial charge < -0.3 is 4.42 Å². The number of amides is 2. The van der Waals surface area contributed by atoms with Crippen LogP contribution in [0.15, 0.2) is 52.0 Å². The van der Waals surface area contributed by atoms with Crippen LogP contribution in [-0.2, 0) is 4.79 Å². The summed E-state index contributed by atoms with van der Waals surface area (Å²) < 4.78 is 5.15. The summed E-state index contributed by atoms with van der Waals surface area (Å²) >= 11 is 6.76. The molecule has 0 bridgehead atoms. The molecule has 2 aromatic rings. The van der Waals surface area contributed by atoms with Crippen LogP contribution in [0.3, 0.4) is 0 Å². The predicted octanol–water partition coefficient (Wildman–Crippen LogP) is 4.17. The number of carbonyl (C=O) groups excluding carboxylic acids is 2. The highest BCUT2D eigenvalue weighted by Gasteiger charge is 2.36. The molecule has 2 heterocycles. The van der Waals surface area contributed by atoms with E-state index in [-0.39, 0.29) is 11.1 Å². The van der Waals surface area contributed by atoms with E-state index in [1.54, 1.807) is 42.5 Å². The van der Waals surface area contributed by atoms with Crippen LogP contribution in [0.1, 0.15) is 5.76 Å². The van der Waals surface area contributed by atoms with E-state index in [1.165, 1.54) is 6.26 Å². The second-order valence-electron chi connectivity index (χ2n) is 4.01. The molecule has 0 radical (unpaired) electrons. The van der Waals surface area contributed by atoms with Gasteiger partial charge in [-0.05, 0) is 42.1 Å². The molecule has 0 unspecified atom stereocenters. The van der Waals surface area contributed by atoms with Gasteiger partial charge in [0.15, 0.2) is 0 Å². The number of thioether (sulfide) groups is 1. The van der Waals surface area contributed by atoms with Gasteiger partial charge in [-0.1, -0.05) is 17.7 Å². The maximum atomic E-state index is 12.3. The summed E-state index contributed by atoms with van der Waals surface area (Å²) in [5.41, 5.74) is 0.461. The molecular formula is C14H8ClNO3S. The molecule has 3 rings (SSSR count). The first-order chi connectivity index (χ1) is 9.65. The third kappa shape index (κ3) is 2.37. The van der Waals surface area contributed by atoms with E-state index in [1.807, 2.05) is 0 Å². The number of nitrogens with zero attached hydrogens (tertiary/aromatic N) is 1. The summed E-state index contributed by atoms with van der Waals surface area (Å²) in [5.74, 6) is 0.153. The molecule has 2 amide bonds. The summed E-state index contributed by atoms with van der Waals surface area (Å²) in [6, 6.07) is 10.0. The van der Waals surface area contributed by atoms with E-state index in [9.17, 15) is 9.59 Å². The van der Waals surface area contributed by atoms with Crippen LogP contribution in [0.4, 0.5) is 10.5 Å². The standard InChI is InChI=1S/C14H8ClNO3S/c15-9-3-1-4-10(7-9)16-13(17)12(20-14(16)18)8-11-5-2-6-19-11/h1-8H/b12-8+.